The molecule has 0 saturated carbocycles. The highest BCUT2D eigenvalue weighted by atomic mass is 32.2. The van der Waals surface area contributed by atoms with Crippen molar-refractivity contribution in [2.45, 2.75) is 69.2 Å². The molecule has 0 spiro atoms. The molecule has 0 N–H and O–H groups in total. The molecule has 1 aliphatic rings. The van der Waals surface area contributed by atoms with Gasteiger partial charge in [-0.15, -0.1) is 0 Å². The van der Waals surface area contributed by atoms with Gasteiger partial charge in [-0.25, -0.2) is 0 Å². The van der Waals surface area contributed by atoms with Crippen molar-refractivity contribution in [2.24, 2.45) is 0 Å². The van der Waals surface area contributed by atoms with E-state index in [0.29, 0.717) is 19.3 Å². The van der Waals surface area contributed by atoms with Gasteiger partial charge in [-0.2, -0.15) is 8.42 Å². The van der Waals surface area contributed by atoms with Crippen molar-refractivity contribution >= 4 is 10.1 Å². The van der Waals surface area contributed by atoms with Gasteiger partial charge < -0.3 is 18.9 Å². The van der Waals surface area contributed by atoms with E-state index in [1.165, 1.54) is 0 Å². The molecule has 1 heterocycles. The zero-order valence-electron chi connectivity index (χ0n) is 16.6. The quantitative estimate of drug-likeness (QED) is 0.464. The zero-order chi connectivity index (χ0) is 20.1. The van der Waals surface area contributed by atoms with Crippen LogP contribution < -0.4 is 0 Å². The Morgan fingerprint density at radius 1 is 1.11 bits per heavy atom. The third-order valence-electron chi connectivity index (χ3n) is 4.40. The van der Waals surface area contributed by atoms with Gasteiger partial charge in [-0.3, -0.25) is 4.18 Å². The van der Waals surface area contributed by atoms with Crippen LogP contribution in [0.5, 0.6) is 0 Å². The summed E-state index contributed by atoms with van der Waals surface area (Å²) in [6.45, 7) is 5.62. The van der Waals surface area contributed by atoms with Crippen molar-refractivity contribution in [2.75, 3.05) is 20.8 Å². The van der Waals surface area contributed by atoms with Crippen molar-refractivity contribution in [3.8, 4) is 0 Å². The largest absolute Gasteiger partial charge is 0.356 e. The molecule has 8 heteroatoms. The molecular formula is C19H30O7S. The lowest BCUT2D eigenvalue weighted by atomic mass is 10.0. The second-order valence-corrected chi connectivity index (χ2v) is 8.75. The van der Waals surface area contributed by atoms with Crippen LogP contribution in [0, 0.1) is 6.92 Å². The molecule has 7 nitrogen and oxygen atoms in total. The molecule has 0 bridgehead atoms. The summed E-state index contributed by atoms with van der Waals surface area (Å²) < 4.78 is 52.1. The van der Waals surface area contributed by atoms with Crippen molar-refractivity contribution < 1.29 is 31.5 Å². The lowest BCUT2D eigenvalue weighted by molar-refractivity contribution is -0.308. The predicted molar refractivity (Wildman–Crippen MR) is 99.8 cm³/mol. The Morgan fingerprint density at radius 3 is 2.30 bits per heavy atom. The van der Waals surface area contributed by atoms with Crippen LogP contribution in [0.1, 0.15) is 38.7 Å². The maximum Gasteiger partial charge on any atom is 0.296 e. The van der Waals surface area contributed by atoms with Gasteiger partial charge in [-0.05, 0) is 39.3 Å². The maximum absolute atomic E-state index is 12.3. The standard InChI is InChI=1S/C19H30O7S/c1-14-6-8-17(9-7-14)27(20,21)24-11-10-15-12-16(13-18(22-4)23-5)26-19(2,3)25-15/h6-9,15-16,18H,10-13H2,1-5H3. The number of benzene rings is 1. The Balaban J connectivity index is 1.91. The number of hydrogen-bond acceptors (Lipinski definition) is 7. The van der Waals surface area contributed by atoms with Crippen LogP contribution in [0.25, 0.3) is 0 Å². The molecule has 1 aromatic carbocycles. The van der Waals surface area contributed by atoms with E-state index < -0.39 is 15.9 Å². The summed E-state index contributed by atoms with van der Waals surface area (Å²) in [4.78, 5) is 0.155. The van der Waals surface area contributed by atoms with E-state index >= 15 is 0 Å². The lowest BCUT2D eigenvalue weighted by Gasteiger charge is -2.41. The third kappa shape index (κ3) is 6.81. The highest BCUT2D eigenvalue weighted by molar-refractivity contribution is 7.86. The van der Waals surface area contributed by atoms with E-state index in [1.54, 1.807) is 38.5 Å². The van der Waals surface area contributed by atoms with E-state index in [1.807, 2.05) is 20.8 Å². The Morgan fingerprint density at radius 2 is 1.70 bits per heavy atom. The van der Waals surface area contributed by atoms with Crippen molar-refractivity contribution in [1.29, 1.82) is 0 Å². The zero-order valence-corrected chi connectivity index (χ0v) is 17.5. The van der Waals surface area contributed by atoms with Gasteiger partial charge in [0.1, 0.15) is 0 Å². The smallest absolute Gasteiger partial charge is 0.296 e. The van der Waals surface area contributed by atoms with Gasteiger partial charge in [0.05, 0.1) is 23.7 Å². The number of hydrogen-bond donors (Lipinski definition) is 0. The minimum Gasteiger partial charge on any atom is -0.356 e. The molecular weight excluding hydrogens is 372 g/mol. The van der Waals surface area contributed by atoms with E-state index in [0.717, 1.165) is 5.56 Å². The lowest BCUT2D eigenvalue weighted by Crippen LogP contribution is -2.46. The number of rotatable bonds is 9. The fourth-order valence-electron chi connectivity index (χ4n) is 3.11. The van der Waals surface area contributed by atoms with Crippen LogP contribution in [0.15, 0.2) is 29.2 Å². The number of ether oxygens (including phenoxy) is 4. The van der Waals surface area contributed by atoms with Crippen LogP contribution in [0.3, 0.4) is 0 Å². The SMILES string of the molecule is COC(CC1CC(CCOS(=O)(=O)c2ccc(C)cc2)OC(C)(C)O1)OC. The van der Waals surface area contributed by atoms with Gasteiger partial charge in [0.25, 0.3) is 10.1 Å². The summed E-state index contributed by atoms with van der Waals surface area (Å²) in [5.41, 5.74) is 0.989. The van der Waals surface area contributed by atoms with Crippen LogP contribution in [0.2, 0.25) is 0 Å². The molecule has 2 unspecified atom stereocenters. The Labute approximate surface area is 162 Å². The fourth-order valence-corrected chi connectivity index (χ4v) is 4.03. The molecule has 154 valence electrons. The summed E-state index contributed by atoms with van der Waals surface area (Å²) in [6.07, 6.45) is 0.972. The van der Waals surface area contributed by atoms with Gasteiger partial charge in [0, 0.05) is 27.1 Å². The number of methoxy groups -OCH3 is 2. The first-order chi connectivity index (χ1) is 12.6. The fraction of sp³-hybridized carbons (Fsp3) is 0.684. The van der Waals surface area contributed by atoms with Crippen LogP contribution in [0.4, 0.5) is 0 Å². The molecule has 2 atom stereocenters. The van der Waals surface area contributed by atoms with Crippen LogP contribution in [-0.2, 0) is 33.2 Å². The van der Waals surface area contributed by atoms with Gasteiger partial charge in [-0.1, -0.05) is 17.7 Å². The summed E-state index contributed by atoms with van der Waals surface area (Å²) in [5, 5.41) is 0. The van der Waals surface area contributed by atoms with Crippen molar-refractivity contribution in [3.63, 3.8) is 0 Å². The molecule has 2 rings (SSSR count). The van der Waals surface area contributed by atoms with E-state index in [4.69, 9.17) is 23.1 Å². The van der Waals surface area contributed by atoms with Crippen LogP contribution >= 0.6 is 0 Å². The maximum atomic E-state index is 12.3. The highest BCUT2D eigenvalue weighted by Crippen LogP contribution is 2.31. The second kappa shape index (κ2) is 9.45. The van der Waals surface area contributed by atoms with Crippen molar-refractivity contribution in [1.82, 2.24) is 0 Å². The minimum absolute atomic E-state index is 0.0433. The average molecular weight is 403 g/mol. The first-order valence-electron chi connectivity index (χ1n) is 9.02. The Bertz CT molecular complexity index is 681. The van der Waals surface area contributed by atoms with Crippen LogP contribution in [-0.4, -0.2) is 53.5 Å². The molecule has 27 heavy (non-hydrogen) atoms. The summed E-state index contributed by atoms with van der Waals surface area (Å²) in [6, 6.07) is 6.58. The molecule has 0 aromatic heterocycles. The first kappa shape index (κ1) is 22.3. The summed E-state index contributed by atoms with van der Waals surface area (Å²) in [5.74, 6) is -0.768. The second-order valence-electron chi connectivity index (χ2n) is 7.13. The molecule has 0 aliphatic carbocycles. The predicted octanol–water partition coefficient (Wildman–Crippen LogP) is 3.01. The average Bonchev–Trinajstić information content (AvgIpc) is 2.58. The normalized spacial score (nSPS) is 22.9. The monoisotopic (exact) mass is 402 g/mol. The molecule has 1 aromatic rings. The van der Waals surface area contributed by atoms with E-state index in [-0.39, 0.29) is 30.0 Å². The molecule has 1 aliphatic heterocycles. The molecule has 0 amide bonds. The Kier molecular flexibility index (Phi) is 7.79. The van der Waals surface area contributed by atoms with Crippen molar-refractivity contribution in [3.05, 3.63) is 29.8 Å². The van der Waals surface area contributed by atoms with Gasteiger partial charge >= 0.3 is 0 Å². The topological polar surface area (TPSA) is 80.3 Å². The summed E-state index contributed by atoms with van der Waals surface area (Å²) >= 11 is 0. The van der Waals surface area contributed by atoms with Gasteiger partial charge in [0.2, 0.25) is 0 Å². The van der Waals surface area contributed by atoms with Gasteiger partial charge in [0.15, 0.2) is 12.1 Å². The third-order valence-corrected chi connectivity index (χ3v) is 5.72. The molecule has 0 radical (unpaired) electrons. The Hall–Kier alpha value is -1.03. The minimum atomic E-state index is -3.77. The molecule has 1 saturated heterocycles. The summed E-state index contributed by atoms with van der Waals surface area (Å²) in [7, 11) is -0.607. The van der Waals surface area contributed by atoms with E-state index in [9.17, 15) is 8.42 Å². The highest BCUT2D eigenvalue weighted by Gasteiger charge is 2.36. The first-order valence-corrected chi connectivity index (χ1v) is 10.4. The van der Waals surface area contributed by atoms with E-state index in [2.05, 4.69) is 0 Å². The number of aryl methyl sites for hydroxylation is 1. The molecule has 1 fully saturated rings.